The maximum atomic E-state index is 13.0. The van der Waals surface area contributed by atoms with Gasteiger partial charge in [-0.25, -0.2) is 0 Å². The Kier molecular flexibility index (Phi) is 3.15. The summed E-state index contributed by atoms with van der Waals surface area (Å²) in [6.07, 6.45) is 6.86. The second-order valence-electron chi connectivity index (χ2n) is 8.98. The van der Waals surface area contributed by atoms with E-state index in [-0.39, 0.29) is 22.9 Å². The molecule has 0 amide bonds. The van der Waals surface area contributed by atoms with Gasteiger partial charge in [0, 0.05) is 24.2 Å². The Morgan fingerprint density at radius 3 is 2.64 bits per heavy atom. The molecule has 0 aromatic rings. The lowest BCUT2D eigenvalue weighted by Gasteiger charge is -2.58. The molecule has 4 fully saturated rings. The second-order valence-corrected chi connectivity index (χ2v) is 8.98. The van der Waals surface area contributed by atoms with Crippen molar-refractivity contribution in [3.8, 4) is 0 Å². The Labute approximate surface area is 132 Å². The van der Waals surface area contributed by atoms with Crippen molar-refractivity contribution in [1.29, 1.82) is 0 Å². The van der Waals surface area contributed by atoms with Gasteiger partial charge in [0.05, 0.1) is 6.10 Å². The van der Waals surface area contributed by atoms with Crippen molar-refractivity contribution < 1.29 is 14.7 Å². The van der Waals surface area contributed by atoms with Gasteiger partial charge in [-0.1, -0.05) is 13.8 Å². The maximum Gasteiger partial charge on any atom is 0.139 e. The van der Waals surface area contributed by atoms with Crippen LogP contribution < -0.4 is 0 Å². The molecule has 0 bridgehead atoms. The lowest BCUT2D eigenvalue weighted by molar-refractivity contribution is -0.162. The third kappa shape index (κ3) is 1.78. The van der Waals surface area contributed by atoms with Crippen LogP contribution in [0.4, 0.5) is 0 Å². The quantitative estimate of drug-likeness (QED) is 0.748. The monoisotopic (exact) mass is 304 g/mol. The molecule has 0 radical (unpaired) electrons. The first kappa shape index (κ1) is 14.9. The number of Topliss-reactive ketones (excluding diaryl/α,β-unsaturated/α-hetero) is 2. The fraction of sp³-hybridized carbons (Fsp3) is 0.895. The number of hydrogen-bond acceptors (Lipinski definition) is 3. The summed E-state index contributed by atoms with van der Waals surface area (Å²) in [7, 11) is 0. The van der Waals surface area contributed by atoms with Crippen molar-refractivity contribution in [3.63, 3.8) is 0 Å². The zero-order valence-electron chi connectivity index (χ0n) is 13.8. The molecule has 0 heterocycles. The van der Waals surface area contributed by atoms with E-state index < -0.39 is 0 Å². The number of carbonyl (C=O) groups excluding carboxylic acids is 2. The van der Waals surface area contributed by atoms with Gasteiger partial charge < -0.3 is 5.11 Å². The van der Waals surface area contributed by atoms with Gasteiger partial charge in [0.25, 0.3) is 0 Å². The number of aliphatic hydroxyl groups is 1. The van der Waals surface area contributed by atoms with Gasteiger partial charge in [-0.05, 0) is 61.7 Å². The van der Waals surface area contributed by atoms with E-state index in [9.17, 15) is 14.7 Å². The Morgan fingerprint density at radius 1 is 1.09 bits per heavy atom. The number of ketones is 2. The molecule has 22 heavy (non-hydrogen) atoms. The molecule has 3 nitrogen and oxygen atoms in total. The van der Waals surface area contributed by atoms with Gasteiger partial charge in [0.1, 0.15) is 11.6 Å². The van der Waals surface area contributed by atoms with Crippen molar-refractivity contribution in [3.05, 3.63) is 0 Å². The SMILES string of the molecule is C[C@]12CCC(O)CC1CC[C@@H]1[C@H]2C(=O)C[C@]2(C)C(=O)CC[C@@H]12. The topological polar surface area (TPSA) is 54.4 Å². The van der Waals surface area contributed by atoms with Crippen LogP contribution in [0.3, 0.4) is 0 Å². The number of carbonyl (C=O) groups is 2. The van der Waals surface area contributed by atoms with Crippen LogP contribution in [-0.4, -0.2) is 22.8 Å². The van der Waals surface area contributed by atoms with Crippen molar-refractivity contribution >= 4 is 11.6 Å². The molecule has 0 aromatic carbocycles. The molecule has 1 N–H and O–H groups in total. The van der Waals surface area contributed by atoms with Crippen LogP contribution in [0.1, 0.15) is 65.2 Å². The molecular formula is C19H28O3. The number of hydrogen-bond donors (Lipinski definition) is 1. The summed E-state index contributed by atoms with van der Waals surface area (Å²) in [6, 6.07) is 0. The van der Waals surface area contributed by atoms with Crippen LogP contribution >= 0.6 is 0 Å². The van der Waals surface area contributed by atoms with Crippen molar-refractivity contribution in [2.45, 2.75) is 71.3 Å². The predicted molar refractivity (Wildman–Crippen MR) is 83.1 cm³/mol. The van der Waals surface area contributed by atoms with E-state index in [0.717, 1.165) is 38.5 Å². The zero-order valence-corrected chi connectivity index (χ0v) is 13.8. The number of rotatable bonds is 0. The van der Waals surface area contributed by atoms with Crippen molar-refractivity contribution in [2.75, 3.05) is 0 Å². The molecule has 0 aromatic heterocycles. The van der Waals surface area contributed by atoms with Gasteiger partial charge in [0.15, 0.2) is 0 Å². The van der Waals surface area contributed by atoms with E-state index in [1.807, 2.05) is 0 Å². The van der Waals surface area contributed by atoms with Gasteiger partial charge >= 0.3 is 0 Å². The molecule has 122 valence electrons. The first-order valence-electron chi connectivity index (χ1n) is 9.10. The van der Waals surface area contributed by atoms with Crippen LogP contribution in [0.25, 0.3) is 0 Å². The Morgan fingerprint density at radius 2 is 1.86 bits per heavy atom. The highest BCUT2D eigenvalue weighted by atomic mass is 16.3. The highest BCUT2D eigenvalue weighted by Crippen LogP contribution is 2.64. The minimum atomic E-state index is -0.365. The highest BCUT2D eigenvalue weighted by molar-refractivity contribution is 5.95. The van der Waals surface area contributed by atoms with E-state index in [1.54, 1.807) is 0 Å². The average Bonchev–Trinajstić information content (AvgIpc) is 2.75. The normalized spacial score (nSPS) is 54.6. The first-order valence-corrected chi connectivity index (χ1v) is 9.10. The molecule has 0 spiro atoms. The lowest BCUT2D eigenvalue weighted by atomic mass is 9.45. The first-order chi connectivity index (χ1) is 10.4. The van der Waals surface area contributed by atoms with Crippen molar-refractivity contribution in [1.82, 2.24) is 0 Å². The zero-order chi connectivity index (χ0) is 15.7. The fourth-order valence-corrected chi connectivity index (χ4v) is 6.83. The molecule has 7 atom stereocenters. The van der Waals surface area contributed by atoms with Crippen LogP contribution in [0.5, 0.6) is 0 Å². The molecule has 2 unspecified atom stereocenters. The van der Waals surface area contributed by atoms with Crippen LogP contribution in [0, 0.1) is 34.5 Å². The van der Waals surface area contributed by atoms with Crippen LogP contribution in [-0.2, 0) is 9.59 Å². The summed E-state index contributed by atoms with van der Waals surface area (Å²) >= 11 is 0. The molecule has 3 heteroatoms. The van der Waals surface area contributed by atoms with Crippen LogP contribution in [0.15, 0.2) is 0 Å². The summed E-state index contributed by atoms with van der Waals surface area (Å²) in [6.45, 7) is 4.36. The van der Waals surface area contributed by atoms with E-state index in [1.165, 1.54) is 0 Å². The Balaban J connectivity index is 1.71. The fourth-order valence-electron chi connectivity index (χ4n) is 6.83. The molecule has 4 saturated carbocycles. The van der Waals surface area contributed by atoms with Gasteiger partial charge in [-0.3, -0.25) is 9.59 Å². The molecule has 4 rings (SSSR count). The average molecular weight is 304 g/mol. The molecule has 0 saturated heterocycles. The summed E-state index contributed by atoms with van der Waals surface area (Å²) < 4.78 is 0. The minimum absolute atomic E-state index is 0.0617. The van der Waals surface area contributed by atoms with E-state index in [4.69, 9.17) is 0 Å². The number of fused-ring (bicyclic) bond motifs is 5. The third-order valence-electron chi connectivity index (χ3n) is 8.04. The van der Waals surface area contributed by atoms with E-state index >= 15 is 0 Å². The van der Waals surface area contributed by atoms with Crippen molar-refractivity contribution in [2.24, 2.45) is 34.5 Å². The van der Waals surface area contributed by atoms with E-state index in [0.29, 0.717) is 42.2 Å². The highest BCUT2D eigenvalue weighted by Gasteiger charge is 2.63. The van der Waals surface area contributed by atoms with E-state index in [2.05, 4.69) is 13.8 Å². The summed E-state index contributed by atoms with van der Waals surface area (Å²) in [5.74, 6) is 2.14. The van der Waals surface area contributed by atoms with Crippen LogP contribution in [0.2, 0.25) is 0 Å². The number of aliphatic hydroxyl groups excluding tert-OH is 1. The molecule has 4 aliphatic rings. The Bertz CT molecular complexity index is 527. The standard InChI is InChI=1S/C19H28O3/c1-18-8-7-12(20)9-11(18)3-4-13-14-5-6-16(22)19(14,2)10-15(21)17(13)18/h11-14,17,20H,3-10H2,1-2H3/t11?,12?,13-,14-,17-,18-,19-/m0/s1. The Hall–Kier alpha value is -0.700. The predicted octanol–water partition coefficient (Wildman–Crippen LogP) is 3.14. The smallest absolute Gasteiger partial charge is 0.139 e. The third-order valence-corrected chi connectivity index (χ3v) is 8.04. The molecule has 0 aliphatic heterocycles. The lowest BCUT2D eigenvalue weighted by Crippen LogP contribution is -2.57. The van der Waals surface area contributed by atoms with Gasteiger partial charge in [0.2, 0.25) is 0 Å². The van der Waals surface area contributed by atoms with Gasteiger partial charge in [-0.15, -0.1) is 0 Å². The largest absolute Gasteiger partial charge is 0.393 e. The minimum Gasteiger partial charge on any atom is -0.393 e. The molecular weight excluding hydrogens is 276 g/mol. The summed E-state index contributed by atoms with van der Waals surface area (Å²) in [4.78, 5) is 25.4. The maximum absolute atomic E-state index is 13.0. The summed E-state index contributed by atoms with van der Waals surface area (Å²) in [5, 5.41) is 10.0. The van der Waals surface area contributed by atoms with Gasteiger partial charge in [-0.2, -0.15) is 0 Å². The molecule has 4 aliphatic carbocycles. The second kappa shape index (κ2) is 4.66. The summed E-state index contributed by atoms with van der Waals surface area (Å²) in [5.41, 5.74) is -0.304.